The lowest BCUT2D eigenvalue weighted by Crippen LogP contribution is -2.50. The molecule has 32 heavy (non-hydrogen) atoms. The number of anilines is 1. The molecule has 2 amide bonds. The molecule has 172 valence electrons. The van der Waals surface area contributed by atoms with Gasteiger partial charge in [0.05, 0.1) is 6.04 Å². The smallest absolute Gasteiger partial charge is 0.406 e. The van der Waals surface area contributed by atoms with Crippen molar-refractivity contribution in [3.63, 3.8) is 0 Å². The third kappa shape index (κ3) is 6.68. The summed E-state index contributed by atoms with van der Waals surface area (Å²) in [5.74, 6) is -1.34. The van der Waals surface area contributed by atoms with E-state index in [1.807, 2.05) is 4.90 Å². The van der Waals surface area contributed by atoms with E-state index in [1.165, 1.54) is 36.4 Å². The van der Waals surface area contributed by atoms with Gasteiger partial charge in [0.15, 0.2) is 0 Å². The van der Waals surface area contributed by atoms with Crippen LogP contribution in [0.15, 0.2) is 48.5 Å². The molecule has 1 unspecified atom stereocenters. The Bertz CT molecular complexity index is 925. The Labute approximate surface area is 182 Å². The minimum Gasteiger partial charge on any atom is -0.406 e. The molecule has 1 atom stereocenters. The Balaban J connectivity index is 1.46. The predicted molar refractivity (Wildman–Crippen MR) is 110 cm³/mol. The maximum absolute atomic E-state index is 13.0. The van der Waals surface area contributed by atoms with Gasteiger partial charge in [0.2, 0.25) is 5.91 Å². The topological polar surface area (TPSA) is 70.7 Å². The van der Waals surface area contributed by atoms with Gasteiger partial charge >= 0.3 is 6.36 Å². The average molecular weight is 453 g/mol. The summed E-state index contributed by atoms with van der Waals surface area (Å²) in [5, 5.41) is 5.60. The van der Waals surface area contributed by atoms with Crippen molar-refractivity contribution >= 4 is 17.5 Å². The molecule has 1 fully saturated rings. The number of likely N-dealkylation sites (tertiary alicyclic amines) is 1. The molecular formula is C22H23F4N3O3. The van der Waals surface area contributed by atoms with Gasteiger partial charge in [-0.15, -0.1) is 13.2 Å². The molecule has 1 heterocycles. The molecular weight excluding hydrogens is 430 g/mol. The highest BCUT2D eigenvalue weighted by molar-refractivity contribution is 5.95. The average Bonchev–Trinajstić information content (AvgIpc) is 2.74. The van der Waals surface area contributed by atoms with Crippen LogP contribution >= 0.6 is 0 Å². The van der Waals surface area contributed by atoms with Crippen LogP contribution < -0.4 is 15.4 Å². The second-order valence-electron chi connectivity index (χ2n) is 7.53. The van der Waals surface area contributed by atoms with Crippen LogP contribution in [-0.4, -0.2) is 48.2 Å². The third-order valence-electron chi connectivity index (χ3n) is 5.25. The molecule has 1 aliphatic heterocycles. The SMILES string of the molecule is CC(C(=O)Nc1ccc(OC(F)(F)F)cc1)N1CCC(NC(=O)c2ccc(F)cc2)CC1. The van der Waals surface area contributed by atoms with Gasteiger partial charge in [0.25, 0.3) is 5.91 Å². The lowest BCUT2D eigenvalue weighted by Gasteiger charge is -2.35. The molecule has 3 rings (SSSR count). The number of carbonyl (C=O) groups excluding carboxylic acids is 2. The van der Waals surface area contributed by atoms with Crippen molar-refractivity contribution in [1.82, 2.24) is 10.2 Å². The Morgan fingerprint density at radius 1 is 1.03 bits per heavy atom. The number of ether oxygens (including phenoxy) is 1. The first-order chi connectivity index (χ1) is 15.1. The summed E-state index contributed by atoms with van der Waals surface area (Å²) >= 11 is 0. The highest BCUT2D eigenvalue weighted by Gasteiger charge is 2.31. The number of hydrogen-bond donors (Lipinski definition) is 2. The molecule has 0 bridgehead atoms. The van der Waals surface area contributed by atoms with Gasteiger partial charge in [-0.25, -0.2) is 4.39 Å². The lowest BCUT2D eigenvalue weighted by molar-refractivity contribution is -0.274. The maximum atomic E-state index is 13.0. The number of benzene rings is 2. The van der Waals surface area contributed by atoms with Gasteiger partial charge in [-0.1, -0.05) is 0 Å². The van der Waals surface area contributed by atoms with Gasteiger partial charge < -0.3 is 15.4 Å². The normalized spacial score (nSPS) is 16.3. The number of rotatable bonds is 6. The molecule has 1 aliphatic rings. The number of amides is 2. The van der Waals surface area contributed by atoms with Crippen molar-refractivity contribution < 1.29 is 31.9 Å². The lowest BCUT2D eigenvalue weighted by atomic mass is 10.0. The molecule has 10 heteroatoms. The van der Waals surface area contributed by atoms with Crippen LogP contribution in [0.3, 0.4) is 0 Å². The number of carbonyl (C=O) groups is 2. The first-order valence-corrected chi connectivity index (χ1v) is 10.1. The fraction of sp³-hybridized carbons (Fsp3) is 0.364. The number of piperidine rings is 1. The molecule has 2 aromatic rings. The molecule has 0 spiro atoms. The fourth-order valence-corrected chi connectivity index (χ4v) is 3.45. The van der Waals surface area contributed by atoms with E-state index in [-0.39, 0.29) is 23.6 Å². The minimum atomic E-state index is -4.77. The van der Waals surface area contributed by atoms with E-state index in [2.05, 4.69) is 15.4 Å². The number of hydrogen-bond acceptors (Lipinski definition) is 4. The molecule has 2 aromatic carbocycles. The van der Waals surface area contributed by atoms with E-state index in [0.29, 0.717) is 37.2 Å². The van der Waals surface area contributed by atoms with E-state index in [0.717, 1.165) is 12.1 Å². The van der Waals surface area contributed by atoms with Crippen LogP contribution in [0.2, 0.25) is 0 Å². The molecule has 0 aromatic heterocycles. The van der Waals surface area contributed by atoms with Crippen molar-refractivity contribution in [2.45, 2.75) is 38.2 Å². The highest BCUT2D eigenvalue weighted by Crippen LogP contribution is 2.24. The first-order valence-electron chi connectivity index (χ1n) is 10.1. The standard InChI is InChI=1S/C22H23F4N3O3/c1-14(20(30)27-17-6-8-19(9-7-17)32-22(24,25)26)29-12-10-18(11-13-29)28-21(31)15-2-4-16(23)5-3-15/h2-9,14,18H,10-13H2,1H3,(H,27,30)(H,28,31). The Kier molecular flexibility index (Phi) is 7.34. The summed E-state index contributed by atoms with van der Waals surface area (Å²) in [6.07, 6.45) is -3.48. The predicted octanol–water partition coefficient (Wildman–Crippen LogP) is 3.95. The van der Waals surface area contributed by atoms with Gasteiger partial charge in [0.1, 0.15) is 11.6 Å². The second kappa shape index (κ2) is 9.99. The fourth-order valence-electron chi connectivity index (χ4n) is 3.45. The zero-order valence-corrected chi connectivity index (χ0v) is 17.3. The summed E-state index contributed by atoms with van der Waals surface area (Å²) < 4.78 is 53.5. The second-order valence-corrected chi connectivity index (χ2v) is 7.53. The van der Waals surface area contributed by atoms with Crippen LogP contribution in [0.1, 0.15) is 30.1 Å². The van der Waals surface area contributed by atoms with Gasteiger partial charge in [-0.05, 0) is 68.3 Å². The molecule has 0 radical (unpaired) electrons. The van der Waals surface area contributed by atoms with E-state index >= 15 is 0 Å². The first kappa shape index (κ1) is 23.5. The largest absolute Gasteiger partial charge is 0.573 e. The minimum absolute atomic E-state index is 0.0553. The van der Waals surface area contributed by atoms with E-state index in [4.69, 9.17) is 0 Å². The molecule has 2 N–H and O–H groups in total. The summed E-state index contributed by atoms with van der Waals surface area (Å²) in [6, 6.07) is 9.72. The molecule has 6 nitrogen and oxygen atoms in total. The summed E-state index contributed by atoms with van der Waals surface area (Å²) in [4.78, 5) is 26.8. The van der Waals surface area contributed by atoms with Gasteiger partial charge in [-0.2, -0.15) is 0 Å². The van der Waals surface area contributed by atoms with Crippen molar-refractivity contribution in [1.29, 1.82) is 0 Å². The zero-order chi connectivity index (χ0) is 23.3. The number of nitrogens with zero attached hydrogens (tertiary/aromatic N) is 1. The number of halogens is 4. The van der Waals surface area contributed by atoms with Gasteiger partial charge in [0, 0.05) is 30.4 Å². The third-order valence-corrected chi connectivity index (χ3v) is 5.25. The van der Waals surface area contributed by atoms with Crippen LogP contribution in [0, 0.1) is 5.82 Å². The zero-order valence-electron chi connectivity index (χ0n) is 17.3. The van der Waals surface area contributed by atoms with Crippen molar-refractivity contribution in [3.8, 4) is 5.75 Å². The van der Waals surface area contributed by atoms with Crippen LogP contribution in [0.5, 0.6) is 5.75 Å². The highest BCUT2D eigenvalue weighted by atomic mass is 19.4. The summed E-state index contributed by atoms with van der Waals surface area (Å²) in [5.41, 5.74) is 0.742. The Hall–Kier alpha value is -3.14. The van der Waals surface area contributed by atoms with Crippen LogP contribution in [-0.2, 0) is 4.79 Å². The summed E-state index contributed by atoms with van der Waals surface area (Å²) in [6.45, 7) is 2.91. The van der Waals surface area contributed by atoms with E-state index in [9.17, 15) is 27.2 Å². The maximum Gasteiger partial charge on any atom is 0.573 e. The van der Waals surface area contributed by atoms with Crippen molar-refractivity contribution in [2.24, 2.45) is 0 Å². The molecule has 0 aliphatic carbocycles. The number of nitrogens with one attached hydrogen (secondary N) is 2. The monoisotopic (exact) mass is 453 g/mol. The molecule has 1 saturated heterocycles. The van der Waals surface area contributed by atoms with Gasteiger partial charge in [-0.3, -0.25) is 14.5 Å². The Morgan fingerprint density at radius 2 is 1.62 bits per heavy atom. The quantitative estimate of drug-likeness (QED) is 0.650. The van der Waals surface area contributed by atoms with E-state index in [1.54, 1.807) is 6.92 Å². The van der Waals surface area contributed by atoms with Crippen molar-refractivity contribution in [2.75, 3.05) is 18.4 Å². The summed E-state index contributed by atoms with van der Waals surface area (Å²) in [7, 11) is 0. The number of alkyl halides is 3. The van der Waals surface area contributed by atoms with Crippen molar-refractivity contribution in [3.05, 3.63) is 59.9 Å². The van der Waals surface area contributed by atoms with Crippen LogP contribution in [0.25, 0.3) is 0 Å². The Morgan fingerprint density at radius 3 is 2.19 bits per heavy atom. The van der Waals surface area contributed by atoms with E-state index < -0.39 is 18.2 Å². The molecule has 0 saturated carbocycles. The van der Waals surface area contributed by atoms with Crippen LogP contribution in [0.4, 0.5) is 23.2 Å².